The van der Waals surface area contributed by atoms with Crippen molar-refractivity contribution < 1.29 is 44.2 Å². The lowest BCUT2D eigenvalue weighted by Crippen LogP contribution is -2.70. The number of aliphatic hydroxyl groups is 4. The summed E-state index contributed by atoms with van der Waals surface area (Å²) in [6.45, 7) is 3.08. The van der Waals surface area contributed by atoms with Crippen LogP contribution < -0.4 is 38.9 Å². The molecule has 16 heteroatoms. The van der Waals surface area contributed by atoms with E-state index in [9.17, 15) is 25.2 Å². The lowest BCUT2D eigenvalue weighted by Gasteiger charge is -2.49. The van der Waals surface area contributed by atoms with Crippen LogP contribution in [0.5, 0.6) is 0 Å². The fourth-order valence-electron chi connectivity index (χ4n) is 6.25. The van der Waals surface area contributed by atoms with Crippen LogP contribution in [0.1, 0.15) is 39.0 Å². The highest BCUT2D eigenvalue weighted by atomic mass is 16.7. The molecule has 11 atom stereocenters. The van der Waals surface area contributed by atoms with Gasteiger partial charge < -0.3 is 78.3 Å². The third-order valence-electron chi connectivity index (χ3n) is 8.77. The lowest BCUT2D eigenvalue weighted by molar-refractivity contribution is -0.304. The van der Waals surface area contributed by atoms with Crippen LogP contribution in [0.15, 0.2) is 11.8 Å². The molecule has 0 aromatic rings. The maximum Gasteiger partial charge on any atom is 0.252 e. The molecule has 15 N–H and O–H groups in total. The van der Waals surface area contributed by atoms with Gasteiger partial charge >= 0.3 is 0 Å². The summed E-state index contributed by atoms with van der Waals surface area (Å²) < 4.78 is 24.0. The number of nitrogens with one attached hydrogen (secondary N) is 3. The van der Waals surface area contributed by atoms with Crippen LogP contribution in [0.4, 0.5) is 0 Å². The maximum absolute atomic E-state index is 13.1. The van der Waals surface area contributed by atoms with Crippen LogP contribution in [0.2, 0.25) is 0 Å². The standard InChI is InChI=1S/C27H51N7O9/c1-26(38)12-40-24(19(36)22(26)32-2)43-21-17(34-25(37)27(39)9-13(29)10-27)8-16(31)20(18(21)35)42-23-15(30)5-4-14(41-23)11-33-7-3-6-28/h4,13,15-24,32-33,35-36,38-39H,3,5-12,28-31H2,1-2H3,(H,34,37)/t13?,15-,16+,17-,18+,19-,20-,21+,22-,23-,24-,26+,27?/m1/s1. The first kappa shape index (κ1) is 34.4. The molecule has 0 bridgehead atoms. The first-order chi connectivity index (χ1) is 20.3. The Morgan fingerprint density at radius 2 is 1.79 bits per heavy atom. The quantitative estimate of drug-likeness (QED) is 0.0916. The third-order valence-corrected chi connectivity index (χ3v) is 8.77. The van der Waals surface area contributed by atoms with Crippen molar-refractivity contribution in [3.63, 3.8) is 0 Å². The zero-order valence-corrected chi connectivity index (χ0v) is 24.9. The van der Waals surface area contributed by atoms with Crippen molar-refractivity contribution in [3.8, 4) is 0 Å². The van der Waals surface area contributed by atoms with Crippen molar-refractivity contribution >= 4 is 5.91 Å². The summed E-state index contributed by atoms with van der Waals surface area (Å²) in [6, 6.07) is -3.35. The number of carbonyl (C=O) groups is 1. The lowest BCUT2D eigenvalue weighted by atomic mass is 9.75. The van der Waals surface area contributed by atoms with Gasteiger partial charge in [-0.2, -0.15) is 0 Å². The minimum absolute atomic E-state index is 0.0849. The molecule has 0 radical (unpaired) electrons. The predicted octanol–water partition coefficient (Wildman–Crippen LogP) is -4.86. The Balaban J connectivity index is 1.49. The molecule has 43 heavy (non-hydrogen) atoms. The summed E-state index contributed by atoms with van der Waals surface area (Å²) in [4.78, 5) is 13.1. The Morgan fingerprint density at radius 1 is 1.09 bits per heavy atom. The normalized spacial score (nSPS) is 45.1. The topological polar surface area (TPSA) is 275 Å². The number of rotatable bonds is 12. The number of hydrogen-bond acceptors (Lipinski definition) is 15. The second-order valence-corrected chi connectivity index (χ2v) is 12.5. The van der Waals surface area contributed by atoms with Crippen molar-refractivity contribution in [2.24, 2.45) is 22.9 Å². The van der Waals surface area contributed by atoms with Gasteiger partial charge in [-0.25, -0.2) is 0 Å². The molecule has 1 amide bonds. The minimum Gasteiger partial charge on any atom is -0.467 e. The van der Waals surface area contributed by atoms with E-state index in [0.29, 0.717) is 31.8 Å². The molecule has 3 fully saturated rings. The van der Waals surface area contributed by atoms with E-state index in [1.165, 1.54) is 6.92 Å². The molecular formula is C27H51N7O9. The molecule has 2 heterocycles. The van der Waals surface area contributed by atoms with Crippen molar-refractivity contribution in [2.75, 3.05) is 33.3 Å². The first-order valence-corrected chi connectivity index (χ1v) is 15.0. The summed E-state index contributed by atoms with van der Waals surface area (Å²) in [5.74, 6) is -0.0290. The van der Waals surface area contributed by atoms with Crippen molar-refractivity contribution in [1.82, 2.24) is 16.0 Å². The Kier molecular flexibility index (Phi) is 11.4. The molecule has 4 aliphatic rings. The Bertz CT molecular complexity index is 969. The first-order valence-electron chi connectivity index (χ1n) is 15.0. The van der Waals surface area contributed by atoms with Crippen LogP contribution in [0, 0.1) is 0 Å². The number of aliphatic hydroxyl groups excluding tert-OH is 2. The summed E-state index contributed by atoms with van der Waals surface area (Å²) >= 11 is 0. The summed E-state index contributed by atoms with van der Waals surface area (Å²) in [5.41, 5.74) is 21.1. The van der Waals surface area contributed by atoms with E-state index in [1.807, 2.05) is 6.08 Å². The van der Waals surface area contributed by atoms with E-state index in [2.05, 4.69) is 16.0 Å². The van der Waals surface area contributed by atoms with E-state index in [4.69, 9.17) is 41.9 Å². The molecule has 0 aromatic heterocycles. The van der Waals surface area contributed by atoms with Crippen LogP contribution in [-0.2, 0) is 23.7 Å². The van der Waals surface area contributed by atoms with Gasteiger partial charge in [0.25, 0.3) is 5.91 Å². The SMILES string of the molecule is CN[C@@H]1[C@@H](O)[C@@H](O[C@@H]2[C@@H](O)[C@H](O[C@H]3OC(CNCCCN)=CC[C@H]3N)[C@@H](N)C[C@H]2NC(=O)C2(O)CC(N)C2)OC[C@]1(C)O. The van der Waals surface area contributed by atoms with Crippen LogP contribution in [-0.4, -0.2) is 138 Å². The van der Waals surface area contributed by atoms with Crippen molar-refractivity contribution in [3.05, 3.63) is 11.8 Å². The smallest absolute Gasteiger partial charge is 0.252 e. The zero-order chi connectivity index (χ0) is 31.5. The molecule has 0 unspecified atom stereocenters. The number of likely N-dealkylation sites (N-methyl/N-ethyl adjacent to an activating group) is 1. The van der Waals surface area contributed by atoms with Gasteiger partial charge in [0, 0.05) is 24.9 Å². The molecule has 0 spiro atoms. The molecule has 2 saturated carbocycles. The third kappa shape index (κ3) is 7.84. The van der Waals surface area contributed by atoms with Crippen LogP contribution in [0.3, 0.4) is 0 Å². The van der Waals surface area contributed by atoms with E-state index in [0.717, 1.165) is 6.42 Å². The summed E-state index contributed by atoms with van der Waals surface area (Å²) in [6.07, 6.45) is -3.79. The summed E-state index contributed by atoms with van der Waals surface area (Å²) in [5, 5.41) is 52.9. The van der Waals surface area contributed by atoms with Gasteiger partial charge in [0.1, 0.15) is 41.4 Å². The molecule has 2 aliphatic carbocycles. The second-order valence-electron chi connectivity index (χ2n) is 12.5. The minimum atomic E-state index is -1.65. The number of carbonyl (C=O) groups excluding carboxylic acids is 1. The predicted molar refractivity (Wildman–Crippen MR) is 154 cm³/mol. The second kappa shape index (κ2) is 14.3. The van der Waals surface area contributed by atoms with Crippen molar-refractivity contribution in [1.29, 1.82) is 0 Å². The molecule has 4 rings (SSSR count). The van der Waals surface area contributed by atoms with Crippen molar-refractivity contribution in [2.45, 2.75) is 117 Å². The number of ether oxygens (including phenoxy) is 4. The van der Waals surface area contributed by atoms with Gasteiger partial charge in [0.15, 0.2) is 6.29 Å². The maximum atomic E-state index is 13.1. The Labute approximate surface area is 251 Å². The summed E-state index contributed by atoms with van der Waals surface area (Å²) in [7, 11) is 1.58. The molecule has 16 nitrogen and oxygen atoms in total. The largest absolute Gasteiger partial charge is 0.467 e. The monoisotopic (exact) mass is 617 g/mol. The van der Waals surface area contributed by atoms with E-state index >= 15 is 0 Å². The van der Waals surface area contributed by atoms with Gasteiger partial charge in [-0.3, -0.25) is 4.79 Å². The Morgan fingerprint density at radius 3 is 2.44 bits per heavy atom. The fourth-order valence-corrected chi connectivity index (χ4v) is 6.25. The molecule has 2 aliphatic heterocycles. The van der Waals surface area contributed by atoms with Gasteiger partial charge in [0.2, 0.25) is 6.29 Å². The van der Waals surface area contributed by atoms with Gasteiger partial charge in [-0.15, -0.1) is 0 Å². The fraction of sp³-hybridized carbons (Fsp3) is 0.889. The number of hydrogen-bond donors (Lipinski definition) is 11. The van der Waals surface area contributed by atoms with Gasteiger partial charge in [0.05, 0.1) is 31.3 Å². The number of amides is 1. The van der Waals surface area contributed by atoms with Crippen LogP contribution >= 0.6 is 0 Å². The average molecular weight is 618 g/mol. The Hall–Kier alpha value is -1.51. The highest BCUT2D eigenvalue weighted by Crippen LogP contribution is 2.34. The van der Waals surface area contributed by atoms with E-state index < -0.39 is 78.3 Å². The molecule has 0 aromatic carbocycles. The van der Waals surface area contributed by atoms with Gasteiger partial charge in [-0.05, 0) is 52.4 Å². The van der Waals surface area contributed by atoms with E-state index in [-0.39, 0.29) is 31.9 Å². The zero-order valence-electron chi connectivity index (χ0n) is 24.9. The number of nitrogens with two attached hydrogens (primary N) is 4. The molecule has 1 saturated heterocycles. The average Bonchev–Trinajstić information content (AvgIpc) is 2.93. The van der Waals surface area contributed by atoms with E-state index in [1.54, 1.807) is 7.05 Å². The van der Waals surface area contributed by atoms with Crippen LogP contribution in [0.25, 0.3) is 0 Å². The molecular weight excluding hydrogens is 566 g/mol. The van der Waals surface area contributed by atoms with Gasteiger partial charge in [-0.1, -0.05) is 0 Å². The highest BCUT2D eigenvalue weighted by molar-refractivity contribution is 5.86. The highest BCUT2D eigenvalue weighted by Gasteiger charge is 2.54. The molecule has 248 valence electrons.